The Hall–Kier alpha value is -3.42. The monoisotopic (exact) mass is 354 g/mol. The predicted molar refractivity (Wildman–Crippen MR) is 97.2 cm³/mol. The molecule has 2 aromatic carbocycles. The third-order valence-electron chi connectivity index (χ3n) is 4.24. The molecule has 134 valence electrons. The highest BCUT2D eigenvalue weighted by atomic mass is 16.6. The molecule has 1 N–H and O–H groups in total. The van der Waals surface area contributed by atoms with Crippen molar-refractivity contribution in [3.63, 3.8) is 0 Å². The molecule has 3 rings (SSSR count). The molecule has 26 heavy (non-hydrogen) atoms. The molecule has 0 radical (unpaired) electrons. The van der Waals surface area contributed by atoms with Crippen LogP contribution in [-0.4, -0.2) is 27.6 Å². The van der Waals surface area contributed by atoms with Crippen LogP contribution in [-0.2, 0) is 18.3 Å². The van der Waals surface area contributed by atoms with Gasteiger partial charge in [-0.25, -0.2) is 9.78 Å². The van der Waals surface area contributed by atoms with Gasteiger partial charge in [-0.3, -0.25) is 10.1 Å². The average molecular weight is 354 g/mol. The van der Waals surface area contributed by atoms with Gasteiger partial charge in [-0.2, -0.15) is 0 Å². The first-order chi connectivity index (χ1) is 12.4. The van der Waals surface area contributed by atoms with E-state index in [1.54, 1.807) is 6.07 Å². The number of imidazole rings is 1. The van der Waals surface area contributed by atoms with Crippen LogP contribution >= 0.6 is 0 Å². The van der Waals surface area contributed by atoms with E-state index in [2.05, 4.69) is 15.0 Å². The van der Waals surface area contributed by atoms with Crippen LogP contribution in [0.15, 0.2) is 36.4 Å². The quantitative estimate of drug-likeness (QED) is 0.429. The zero-order chi connectivity index (χ0) is 18.8. The second-order valence-corrected chi connectivity index (χ2v) is 5.86. The molecule has 0 fully saturated rings. The Balaban J connectivity index is 1.88. The molecule has 0 saturated heterocycles. The van der Waals surface area contributed by atoms with Gasteiger partial charge in [0.15, 0.2) is 0 Å². The lowest BCUT2D eigenvalue weighted by atomic mass is 10.1. The third kappa shape index (κ3) is 3.08. The van der Waals surface area contributed by atoms with Crippen LogP contribution in [0.2, 0.25) is 0 Å². The number of nitro groups is 1. The van der Waals surface area contributed by atoms with Crippen molar-refractivity contribution in [3.8, 4) is 0 Å². The number of carbonyl (C=O) groups excluding carboxylic acids is 1. The highest BCUT2D eigenvalue weighted by Gasteiger charge is 2.21. The van der Waals surface area contributed by atoms with E-state index in [4.69, 9.17) is 0 Å². The molecule has 1 heterocycles. The normalized spacial score (nSPS) is 10.7. The van der Waals surface area contributed by atoms with Gasteiger partial charge < -0.3 is 14.6 Å². The molecule has 0 amide bonds. The Kier molecular flexibility index (Phi) is 4.57. The minimum atomic E-state index is -0.751. The molecular formula is C18H18N4O4. The number of anilines is 1. The Labute approximate surface area is 149 Å². The second-order valence-electron chi connectivity index (χ2n) is 5.86. The van der Waals surface area contributed by atoms with Crippen molar-refractivity contribution in [2.45, 2.75) is 13.5 Å². The first-order valence-corrected chi connectivity index (χ1v) is 7.94. The van der Waals surface area contributed by atoms with Gasteiger partial charge in [0, 0.05) is 18.8 Å². The molecule has 8 nitrogen and oxygen atoms in total. The van der Waals surface area contributed by atoms with E-state index in [9.17, 15) is 14.9 Å². The van der Waals surface area contributed by atoms with Crippen molar-refractivity contribution in [1.82, 2.24) is 9.55 Å². The number of ether oxygens (including phenoxy) is 1. The fraction of sp³-hybridized carbons (Fsp3) is 0.222. The SMILES string of the molecule is COC(=O)c1cc(NCc2nc3cccc(C)c3n2C)ccc1[N+](=O)[O-]. The molecule has 0 unspecified atom stereocenters. The molecular weight excluding hydrogens is 336 g/mol. The maximum absolute atomic E-state index is 11.8. The highest BCUT2D eigenvalue weighted by molar-refractivity contribution is 5.95. The van der Waals surface area contributed by atoms with Crippen molar-refractivity contribution in [3.05, 3.63) is 63.5 Å². The number of benzene rings is 2. The molecule has 0 spiro atoms. The van der Waals surface area contributed by atoms with Crippen LogP contribution in [0.3, 0.4) is 0 Å². The molecule has 0 atom stereocenters. The lowest BCUT2D eigenvalue weighted by Gasteiger charge is -2.09. The number of esters is 1. The van der Waals surface area contributed by atoms with Crippen molar-refractivity contribution in [2.75, 3.05) is 12.4 Å². The Bertz CT molecular complexity index is 1010. The van der Waals surface area contributed by atoms with Gasteiger partial charge in [-0.15, -0.1) is 0 Å². The number of rotatable bonds is 5. The van der Waals surface area contributed by atoms with Crippen LogP contribution in [0.5, 0.6) is 0 Å². The summed E-state index contributed by atoms with van der Waals surface area (Å²) in [6.45, 7) is 2.43. The fourth-order valence-electron chi connectivity index (χ4n) is 2.93. The Morgan fingerprint density at radius 1 is 1.35 bits per heavy atom. The maximum atomic E-state index is 11.8. The van der Waals surface area contributed by atoms with Crippen LogP contribution in [0.4, 0.5) is 11.4 Å². The van der Waals surface area contributed by atoms with Gasteiger partial charge in [0.25, 0.3) is 5.69 Å². The second kappa shape index (κ2) is 6.83. The minimum absolute atomic E-state index is 0.0941. The minimum Gasteiger partial charge on any atom is -0.465 e. The van der Waals surface area contributed by atoms with E-state index in [0.717, 1.165) is 22.4 Å². The van der Waals surface area contributed by atoms with E-state index < -0.39 is 10.9 Å². The van der Waals surface area contributed by atoms with E-state index in [-0.39, 0.29) is 11.3 Å². The lowest BCUT2D eigenvalue weighted by Crippen LogP contribution is -2.09. The number of para-hydroxylation sites is 1. The summed E-state index contributed by atoms with van der Waals surface area (Å²) in [5.41, 5.74) is 3.28. The van der Waals surface area contributed by atoms with Crippen LogP contribution in [0, 0.1) is 17.0 Å². The third-order valence-corrected chi connectivity index (χ3v) is 4.24. The fourth-order valence-corrected chi connectivity index (χ4v) is 2.93. The number of carbonyl (C=O) groups is 1. The van der Waals surface area contributed by atoms with Gasteiger partial charge >= 0.3 is 5.97 Å². The summed E-state index contributed by atoms with van der Waals surface area (Å²) in [4.78, 5) is 26.9. The average Bonchev–Trinajstić information content (AvgIpc) is 2.96. The highest BCUT2D eigenvalue weighted by Crippen LogP contribution is 2.24. The molecule has 0 saturated carbocycles. The zero-order valence-electron chi connectivity index (χ0n) is 14.6. The Morgan fingerprint density at radius 3 is 2.77 bits per heavy atom. The zero-order valence-corrected chi connectivity index (χ0v) is 14.6. The molecule has 8 heteroatoms. The van der Waals surface area contributed by atoms with Crippen molar-refractivity contribution >= 4 is 28.4 Å². The molecule has 3 aromatic rings. The number of methoxy groups -OCH3 is 1. The standard InChI is InChI=1S/C18H18N4O4/c1-11-5-4-6-14-17(11)21(2)16(20-14)10-19-12-7-8-15(22(24)25)13(9-12)18(23)26-3/h4-9,19H,10H2,1-3H3. The summed E-state index contributed by atoms with van der Waals surface area (Å²) in [5, 5.41) is 14.2. The summed E-state index contributed by atoms with van der Waals surface area (Å²) in [5.74, 6) is 0.0611. The molecule has 0 aliphatic carbocycles. The molecule has 0 aliphatic rings. The summed E-state index contributed by atoms with van der Waals surface area (Å²) in [6.07, 6.45) is 0. The summed E-state index contributed by atoms with van der Waals surface area (Å²) in [6, 6.07) is 10.2. The number of nitro benzene ring substituents is 1. The smallest absolute Gasteiger partial charge is 0.344 e. The lowest BCUT2D eigenvalue weighted by molar-refractivity contribution is -0.385. The van der Waals surface area contributed by atoms with Gasteiger partial charge in [0.1, 0.15) is 11.4 Å². The van der Waals surface area contributed by atoms with Crippen molar-refractivity contribution in [2.24, 2.45) is 7.05 Å². The van der Waals surface area contributed by atoms with E-state index in [1.807, 2.05) is 36.7 Å². The van der Waals surface area contributed by atoms with Gasteiger partial charge in [-0.05, 0) is 30.7 Å². The molecule has 0 bridgehead atoms. The van der Waals surface area contributed by atoms with Crippen molar-refractivity contribution in [1.29, 1.82) is 0 Å². The van der Waals surface area contributed by atoms with Gasteiger partial charge in [0.2, 0.25) is 0 Å². The Morgan fingerprint density at radius 2 is 2.12 bits per heavy atom. The summed E-state index contributed by atoms with van der Waals surface area (Å²) in [7, 11) is 3.13. The molecule has 1 aromatic heterocycles. The number of hydrogen-bond acceptors (Lipinski definition) is 6. The number of nitrogens with one attached hydrogen (secondary N) is 1. The predicted octanol–water partition coefficient (Wildman–Crippen LogP) is 3.19. The van der Waals surface area contributed by atoms with Gasteiger partial charge in [0.05, 0.1) is 29.6 Å². The maximum Gasteiger partial charge on any atom is 0.344 e. The molecule has 0 aliphatic heterocycles. The summed E-state index contributed by atoms with van der Waals surface area (Å²) < 4.78 is 6.63. The topological polar surface area (TPSA) is 99.3 Å². The van der Waals surface area contributed by atoms with Crippen LogP contribution in [0.25, 0.3) is 11.0 Å². The van der Waals surface area contributed by atoms with E-state index in [0.29, 0.717) is 12.2 Å². The number of fused-ring (bicyclic) bond motifs is 1. The number of aromatic nitrogens is 2. The number of nitrogens with zero attached hydrogens (tertiary/aromatic N) is 3. The van der Waals surface area contributed by atoms with Crippen LogP contribution in [0.1, 0.15) is 21.7 Å². The van der Waals surface area contributed by atoms with Crippen LogP contribution < -0.4 is 5.32 Å². The first-order valence-electron chi connectivity index (χ1n) is 7.94. The van der Waals surface area contributed by atoms with Crippen molar-refractivity contribution < 1.29 is 14.5 Å². The first kappa shape index (κ1) is 17.4. The van der Waals surface area contributed by atoms with E-state index in [1.165, 1.54) is 19.2 Å². The van der Waals surface area contributed by atoms with E-state index >= 15 is 0 Å². The number of hydrogen-bond donors (Lipinski definition) is 1. The summed E-state index contributed by atoms with van der Waals surface area (Å²) >= 11 is 0. The largest absolute Gasteiger partial charge is 0.465 e. The number of aryl methyl sites for hydroxylation is 2. The van der Waals surface area contributed by atoms with Gasteiger partial charge in [-0.1, -0.05) is 12.1 Å².